The highest BCUT2D eigenvalue weighted by atomic mass is 16.5. The monoisotopic (exact) mass is 336 g/mol. The van der Waals surface area contributed by atoms with Crippen molar-refractivity contribution in [1.29, 1.82) is 0 Å². The Bertz CT molecular complexity index is 556. The Kier molecular flexibility index (Phi) is 6.21. The molecular weight excluding hydrogens is 308 g/mol. The lowest BCUT2D eigenvalue weighted by Crippen LogP contribution is -2.44. The number of benzene rings is 1. The van der Waals surface area contributed by atoms with Crippen LogP contribution in [0.5, 0.6) is 5.75 Å². The average molecular weight is 336 g/mol. The van der Waals surface area contributed by atoms with Gasteiger partial charge in [-0.15, -0.1) is 0 Å². The molecule has 1 amide bonds. The fourth-order valence-electron chi connectivity index (χ4n) is 2.70. The van der Waals surface area contributed by atoms with Gasteiger partial charge >= 0.3 is 0 Å². The van der Waals surface area contributed by atoms with Gasteiger partial charge in [0.15, 0.2) is 0 Å². The first-order valence-electron chi connectivity index (χ1n) is 8.33. The van der Waals surface area contributed by atoms with Gasteiger partial charge in [-0.1, -0.05) is 39.0 Å². The Labute approximate surface area is 143 Å². The maximum Gasteiger partial charge on any atom is 0.220 e. The van der Waals surface area contributed by atoms with Crippen LogP contribution in [0.15, 0.2) is 24.3 Å². The van der Waals surface area contributed by atoms with Crippen LogP contribution in [0.4, 0.5) is 0 Å². The lowest BCUT2D eigenvalue weighted by molar-refractivity contribution is -0.123. The lowest BCUT2D eigenvalue weighted by Gasteiger charge is -2.21. The molecule has 1 heterocycles. The van der Waals surface area contributed by atoms with E-state index in [9.17, 15) is 15.0 Å². The molecular formula is C18H28N2O4. The van der Waals surface area contributed by atoms with Crippen LogP contribution in [-0.4, -0.2) is 47.5 Å². The molecule has 134 valence electrons. The zero-order valence-corrected chi connectivity index (χ0v) is 14.6. The molecule has 6 nitrogen and oxygen atoms in total. The van der Waals surface area contributed by atoms with Crippen LogP contribution in [0.2, 0.25) is 0 Å². The summed E-state index contributed by atoms with van der Waals surface area (Å²) in [6.45, 7) is 7.13. The minimum absolute atomic E-state index is 0.0380. The molecule has 24 heavy (non-hydrogen) atoms. The van der Waals surface area contributed by atoms with Gasteiger partial charge in [0, 0.05) is 25.1 Å². The summed E-state index contributed by atoms with van der Waals surface area (Å²) in [5, 5.41) is 26.1. The van der Waals surface area contributed by atoms with E-state index in [1.165, 1.54) is 0 Å². The number of nitrogens with one attached hydrogen (secondary N) is 2. The third kappa shape index (κ3) is 5.47. The van der Waals surface area contributed by atoms with Gasteiger partial charge in [-0.3, -0.25) is 4.79 Å². The maximum absolute atomic E-state index is 11.9. The minimum atomic E-state index is -0.703. The molecule has 0 bridgehead atoms. The van der Waals surface area contributed by atoms with Crippen LogP contribution in [-0.2, 0) is 16.1 Å². The zero-order chi connectivity index (χ0) is 17.7. The van der Waals surface area contributed by atoms with Gasteiger partial charge < -0.3 is 25.6 Å². The molecule has 1 fully saturated rings. The van der Waals surface area contributed by atoms with Gasteiger partial charge in [-0.2, -0.15) is 0 Å². The zero-order valence-electron chi connectivity index (χ0n) is 14.6. The molecule has 1 aliphatic heterocycles. The summed E-state index contributed by atoms with van der Waals surface area (Å²) in [6.07, 6.45) is -0.688. The number of para-hydroxylation sites is 1. The number of phenolic OH excluding ortho intramolecular Hbond substituents is 1. The number of hydrogen-bond donors (Lipinski definition) is 4. The third-order valence-corrected chi connectivity index (χ3v) is 4.02. The number of aliphatic hydroxyl groups excluding tert-OH is 1. The molecule has 1 aliphatic rings. The first-order valence-corrected chi connectivity index (χ1v) is 8.33. The molecule has 0 aromatic heterocycles. The van der Waals surface area contributed by atoms with E-state index in [4.69, 9.17) is 4.74 Å². The van der Waals surface area contributed by atoms with E-state index in [0.29, 0.717) is 26.1 Å². The number of ether oxygens (including phenoxy) is 1. The van der Waals surface area contributed by atoms with E-state index < -0.39 is 12.2 Å². The van der Waals surface area contributed by atoms with Crippen molar-refractivity contribution in [3.63, 3.8) is 0 Å². The number of amides is 1. The predicted octanol–water partition coefficient (Wildman–Crippen LogP) is 1.16. The summed E-state index contributed by atoms with van der Waals surface area (Å²) < 4.78 is 5.59. The maximum atomic E-state index is 11.9. The van der Waals surface area contributed by atoms with Crippen molar-refractivity contribution in [3.8, 4) is 5.75 Å². The Hall–Kier alpha value is -1.63. The second kappa shape index (κ2) is 7.96. The van der Waals surface area contributed by atoms with Gasteiger partial charge in [-0.05, 0) is 11.5 Å². The fraction of sp³-hybridized carbons (Fsp3) is 0.611. The quantitative estimate of drug-likeness (QED) is 0.626. The van der Waals surface area contributed by atoms with Crippen molar-refractivity contribution in [2.75, 3.05) is 13.2 Å². The van der Waals surface area contributed by atoms with Crippen LogP contribution in [0.3, 0.4) is 0 Å². The fourth-order valence-corrected chi connectivity index (χ4v) is 2.70. The Morgan fingerprint density at radius 1 is 1.33 bits per heavy atom. The molecule has 3 unspecified atom stereocenters. The van der Waals surface area contributed by atoms with Gasteiger partial charge in [0.1, 0.15) is 11.9 Å². The summed E-state index contributed by atoms with van der Waals surface area (Å²) in [6, 6.07) is 6.85. The van der Waals surface area contributed by atoms with Crippen molar-refractivity contribution >= 4 is 5.91 Å². The number of carbonyl (C=O) groups is 1. The predicted molar refractivity (Wildman–Crippen MR) is 91.6 cm³/mol. The highest BCUT2D eigenvalue weighted by Gasteiger charge is 2.35. The topological polar surface area (TPSA) is 90.8 Å². The number of hydrogen-bond acceptors (Lipinski definition) is 5. The second-order valence-corrected chi connectivity index (χ2v) is 7.52. The summed E-state index contributed by atoms with van der Waals surface area (Å²) in [4.78, 5) is 11.9. The molecule has 0 spiro atoms. The summed E-state index contributed by atoms with van der Waals surface area (Å²) in [7, 11) is 0. The largest absolute Gasteiger partial charge is 0.508 e. The van der Waals surface area contributed by atoms with Crippen molar-refractivity contribution in [2.24, 2.45) is 5.41 Å². The van der Waals surface area contributed by atoms with Gasteiger partial charge in [0.05, 0.1) is 18.8 Å². The SMILES string of the molecule is CC(C)(C)CC(=O)NCC1OCC(NCc2ccccc2O)C1O. The lowest BCUT2D eigenvalue weighted by atomic mass is 9.92. The first-order chi connectivity index (χ1) is 11.3. The van der Waals surface area contributed by atoms with Crippen LogP contribution < -0.4 is 10.6 Å². The number of carbonyl (C=O) groups excluding carboxylic acids is 1. The molecule has 1 aromatic carbocycles. The molecule has 0 radical (unpaired) electrons. The van der Waals surface area contributed by atoms with Crippen molar-refractivity contribution in [2.45, 2.75) is 52.0 Å². The summed E-state index contributed by atoms with van der Waals surface area (Å²) >= 11 is 0. The van der Waals surface area contributed by atoms with Crippen LogP contribution in [0.25, 0.3) is 0 Å². The highest BCUT2D eigenvalue weighted by Crippen LogP contribution is 2.19. The molecule has 0 aliphatic carbocycles. The number of aromatic hydroxyl groups is 1. The standard InChI is InChI=1S/C18H28N2O4/c1-18(2,3)8-16(22)20-10-15-17(23)13(11-24-15)19-9-12-6-4-5-7-14(12)21/h4-7,13,15,17,19,21,23H,8-11H2,1-3H3,(H,20,22). The van der Waals surface area contributed by atoms with Crippen molar-refractivity contribution < 1.29 is 19.7 Å². The van der Waals surface area contributed by atoms with Gasteiger partial charge in [0.25, 0.3) is 0 Å². The number of aliphatic hydroxyl groups is 1. The van der Waals surface area contributed by atoms with Gasteiger partial charge in [0.2, 0.25) is 5.91 Å². The number of phenols is 1. The third-order valence-electron chi connectivity index (χ3n) is 4.02. The van der Waals surface area contributed by atoms with E-state index in [1.807, 2.05) is 32.9 Å². The molecule has 1 aromatic rings. The number of rotatable bonds is 6. The van der Waals surface area contributed by atoms with Crippen LogP contribution in [0.1, 0.15) is 32.8 Å². The second-order valence-electron chi connectivity index (χ2n) is 7.52. The van der Waals surface area contributed by atoms with E-state index in [1.54, 1.807) is 12.1 Å². The molecule has 1 saturated heterocycles. The normalized spacial score (nSPS) is 24.1. The van der Waals surface area contributed by atoms with Gasteiger partial charge in [-0.25, -0.2) is 0 Å². The average Bonchev–Trinajstić information content (AvgIpc) is 2.83. The molecule has 3 atom stereocenters. The van der Waals surface area contributed by atoms with Crippen molar-refractivity contribution in [3.05, 3.63) is 29.8 Å². The van der Waals surface area contributed by atoms with Crippen LogP contribution >= 0.6 is 0 Å². The molecule has 2 rings (SSSR count). The van der Waals surface area contributed by atoms with E-state index in [0.717, 1.165) is 5.56 Å². The van der Waals surface area contributed by atoms with E-state index in [2.05, 4.69) is 10.6 Å². The molecule has 6 heteroatoms. The Morgan fingerprint density at radius 3 is 2.71 bits per heavy atom. The Balaban J connectivity index is 1.77. The summed E-state index contributed by atoms with van der Waals surface area (Å²) in [5.41, 5.74) is 0.702. The highest BCUT2D eigenvalue weighted by molar-refractivity contribution is 5.76. The van der Waals surface area contributed by atoms with Crippen molar-refractivity contribution in [1.82, 2.24) is 10.6 Å². The first kappa shape index (κ1) is 18.7. The minimum Gasteiger partial charge on any atom is -0.508 e. The Morgan fingerprint density at radius 2 is 2.04 bits per heavy atom. The molecule has 4 N–H and O–H groups in total. The van der Waals surface area contributed by atoms with E-state index in [-0.39, 0.29) is 23.1 Å². The molecule has 0 saturated carbocycles. The smallest absolute Gasteiger partial charge is 0.220 e. The van der Waals surface area contributed by atoms with Crippen LogP contribution in [0, 0.1) is 5.41 Å². The summed E-state index contributed by atoms with van der Waals surface area (Å²) in [5.74, 6) is 0.188. The van der Waals surface area contributed by atoms with E-state index >= 15 is 0 Å².